The lowest BCUT2D eigenvalue weighted by Gasteiger charge is -2.30. The van der Waals surface area contributed by atoms with E-state index in [1.165, 1.54) is 12.8 Å². The van der Waals surface area contributed by atoms with Gasteiger partial charge in [-0.1, -0.05) is 0 Å². The van der Waals surface area contributed by atoms with Crippen LogP contribution in [0.5, 0.6) is 0 Å². The molecule has 0 saturated carbocycles. The molecule has 2 heterocycles. The largest absolute Gasteiger partial charge is 0.376 e. The van der Waals surface area contributed by atoms with E-state index in [9.17, 15) is 4.79 Å². The first kappa shape index (κ1) is 12.8. The Labute approximate surface area is 102 Å². The Morgan fingerprint density at radius 1 is 1.47 bits per heavy atom. The summed E-state index contributed by atoms with van der Waals surface area (Å²) in [5.41, 5.74) is 0. The fraction of sp³-hybridized carbons (Fsp3) is 0.917. The lowest BCUT2D eigenvalue weighted by atomic mass is 9.92. The van der Waals surface area contributed by atoms with E-state index in [-0.39, 0.29) is 11.9 Å². The van der Waals surface area contributed by atoms with Crippen molar-refractivity contribution < 1.29 is 14.3 Å². The van der Waals surface area contributed by atoms with Gasteiger partial charge < -0.3 is 20.1 Å². The van der Waals surface area contributed by atoms with Crippen LogP contribution in [0, 0.1) is 5.92 Å². The Hall–Kier alpha value is -0.650. The third-order valence-corrected chi connectivity index (χ3v) is 3.52. The highest BCUT2D eigenvalue weighted by Crippen LogP contribution is 2.14. The van der Waals surface area contributed by atoms with Crippen LogP contribution in [0.3, 0.4) is 0 Å². The van der Waals surface area contributed by atoms with Crippen LogP contribution >= 0.6 is 0 Å². The van der Waals surface area contributed by atoms with E-state index in [0.717, 1.165) is 13.1 Å². The number of hydrogen-bond donors (Lipinski definition) is 2. The van der Waals surface area contributed by atoms with E-state index < -0.39 is 6.10 Å². The molecule has 2 rings (SSSR count). The van der Waals surface area contributed by atoms with Gasteiger partial charge in [-0.15, -0.1) is 0 Å². The molecule has 5 nitrogen and oxygen atoms in total. The summed E-state index contributed by atoms with van der Waals surface area (Å²) < 4.78 is 10.6. The molecule has 0 bridgehead atoms. The maximum atomic E-state index is 11.9. The lowest BCUT2D eigenvalue weighted by molar-refractivity contribution is -0.148. The van der Waals surface area contributed by atoms with Gasteiger partial charge in [0, 0.05) is 6.04 Å². The molecule has 2 aliphatic rings. The van der Waals surface area contributed by atoms with Gasteiger partial charge in [-0.3, -0.25) is 4.79 Å². The smallest absolute Gasteiger partial charge is 0.251 e. The summed E-state index contributed by atoms with van der Waals surface area (Å²) in [7, 11) is 0. The zero-order valence-electron chi connectivity index (χ0n) is 10.4. The van der Waals surface area contributed by atoms with Crippen molar-refractivity contribution in [3.05, 3.63) is 0 Å². The van der Waals surface area contributed by atoms with Crippen LogP contribution in [0.25, 0.3) is 0 Å². The first-order valence-electron chi connectivity index (χ1n) is 6.48. The standard InChI is InChI=1S/C12H22N2O3/c1-9(10-3-2-4-13-7-10)14-12(15)11-8-16-5-6-17-11/h9-11,13H,2-8H2,1H3,(H,14,15). The van der Waals surface area contributed by atoms with Crippen LogP contribution in [0.4, 0.5) is 0 Å². The second-order valence-corrected chi connectivity index (χ2v) is 4.84. The number of ether oxygens (including phenoxy) is 2. The first-order chi connectivity index (χ1) is 8.27. The first-order valence-corrected chi connectivity index (χ1v) is 6.48. The quantitative estimate of drug-likeness (QED) is 0.726. The van der Waals surface area contributed by atoms with Crippen molar-refractivity contribution in [2.75, 3.05) is 32.9 Å². The molecule has 2 aliphatic heterocycles. The normalized spacial score (nSPS) is 31.8. The van der Waals surface area contributed by atoms with Gasteiger partial charge in [0.2, 0.25) is 0 Å². The summed E-state index contributed by atoms with van der Waals surface area (Å²) in [4.78, 5) is 11.9. The van der Waals surface area contributed by atoms with Crippen molar-refractivity contribution in [3.8, 4) is 0 Å². The summed E-state index contributed by atoms with van der Waals surface area (Å²) in [5, 5.41) is 6.40. The Bertz CT molecular complexity index is 248. The van der Waals surface area contributed by atoms with Gasteiger partial charge in [-0.25, -0.2) is 0 Å². The molecule has 17 heavy (non-hydrogen) atoms. The van der Waals surface area contributed by atoms with Crippen LogP contribution < -0.4 is 10.6 Å². The van der Waals surface area contributed by atoms with Crippen LogP contribution in [-0.2, 0) is 14.3 Å². The number of carbonyl (C=O) groups is 1. The second-order valence-electron chi connectivity index (χ2n) is 4.84. The summed E-state index contributed by atoms with van der Waals surface area (Å²) in [6.07, 6.45) is 1.94. The molecule has 0 aromatic heterocycles. The molecule has 0 aliphatic carbocycles. The number of hydrogen-bond acceptors (Lipinski definition) is 4. The monoisotopic (exact) mass is 242 g/mol. The minimum Gasteiger partial charge on any atom is -0.376 e. The predicted octanol–water partition coefficient (Wildman–Crippen LogP) is -0.0939. The summed E-state index contributed by atoms with van der Waals surface area (Å²) >= 11 is 0. The van der Waals surface area contributed by atoms with E-state index >= 15 is 0 Å². The average Bonchev–Trinajstić information content (AvgIpc) is 2.40. The van der Waals surface area contributed by atoms with Crippen molar-refractivity contribution >= 4 is 5.91 Å². The van der Waals surface area contributed by atoms with Crippen LogP contribution in [0.2, 0.25) is 0 Å². The second kappa shape index (κ2) is 6.33. The SMILES string of the molecule is CC(NC(=O)C1COCCO1)C1CCCNC1. The van der Waals surface area contributed by atoms with Crippen molar-refractivity contribution in [1.82, 2.24) is 10.6 Å². The van der Waals surface area contributed by atoms with Crippen molar-refractivity contribution in [2.24, 2.45) is 5.92 Å². The zero-order chi connectivity index (χ0) is 12.1. The van der Waals surface area contributed by atoms with E-state index in [1.54, 1.807) is 0 Å². The molecular weight excluding hydrogens is 220 g/mol. The Morgan fingerprint density at radius 2 is 2.35 bits per heavy atom. The van der Waals surface area contributed by atoms with Gasteiger partial charge >= 0.3 is 0 Å². The van der Waals surface area contributed by atoms with Crippen molar-refractivity contribution in [3.63, 3.8) is 0 Å². The molecule has 0 aromatic rings. The molecule has 3 atom stereocenters. The third kappa shape index (κ3) is 3.66. The molecule has 3 unspecified atom stereocenters. The van der Waals surface area contributed by atoms with Gasteiger partial charge in [-0.2, -0.15) is 0 Å². The molecule has 5 heteroatoms. The average molecular weight is 242 g/mol. The molecular formula is C12H22N2O3. The number of rotatable bonds is 3. The van der Waals surface area contributed by atoms with E-state index in [2.05, 4.69) is 17.6 Å². The molecule has 2 fully saturated rings. The number of nitrogens with one attached hydrogen (secondary N) is 2. The highest BCUT2D eigenvalue weighted by molar-refractivity contribution is 5.81. The van der Waals surface area contributed by atoms with Gasteiger partial charge in [0.25, 0.3) is 5.91 Å². The topological polar surface area (TPSA) is 59.6 Å². The highest BCUT2D eigenvalue weighted by atomic mass is 16.6. The van der Waals surface area contributed by atoms with Crippen molar-refractivity contribution in [1.29, 1.82) is 0 Å². The van der Waals surface area contributed by atoms with E-state index in [1.807, 2.05) is 0 Å². The molecule has 2 saturated heterocycles. The highest BCUT2D eigenvalue weighted by Gasteiger charge is 2.27. The van der Waals surface area contributed by atoms with Gasteiger partial charge in [0.15, 0.2) is 6.10 Å². The Balaban J connectivity index is 1.76. The van der Waals surface area contributed by atoms with Crippen molar-refractivity contribution in [2.45, 2.75) is 31.9 Å². The van der Waals surface area contributed by atoms with Crippen LogP contribution in [-0.4, -0.2) is 51.0 Å². The fourth-order valence-electron chi connectivity index (χ4n) is 2.38. The van der Waals surface area contributed by atoms with E-state index in [0.29, 0.717) is 25.7 Å². The minimum absolute atomic E-state index is 0.0391. The summed E-state index contributed by atoms with van der Waals surface area (Å²) in [6.45, 7) is 5.63. The fourth-order valence-corrected chi connectivity index (χ4v) is 2.38. The summed E-state index contributed by atoms with van der Waals surface area (Å²) in [6, 6.07) is 0.195. The third-order valence-electron chi connectivity index (χ3n) is 3.52. The maximum absolute atomic E-state index is 11.9. The lowest BCUT2D eigenvalue weighted by Crippen LogP contribution is -2.50. The molecule has 0 spiro atoms. The molecule has 98 valence electrons. The number of carbonyl (C=O) groups excluding carboxylic acids is 1. The molecule has 1 amide bonds. The molecule has 2 N–H and O–H groups in total. The minimum atomic E-state index is -0.428. The maximum Gasteiger partial charge on any atom is 0.251 e. The number of piperidine rings is 1. The van der Waals surface area contributed by atoms with Gasteiger partial charge in [0.1, 0.15) is 0 Å². The Morgan fingerprint density at radius 3 is 3.00 bits per heavy atom. The zero-order valence-corrected chi connectivity index (χ0v) is 10.4. The molecule has 0 radical (unpaired) electrons. The Kier molecular flexibility index (Phi) is 4.76. The number of amides is 1. The van der Waals surface area contributed by atoms with Crippen LogP contribution in [0.15, 0.2) is 0 Å². The van der Waals surface area contributed by atoms with Gasteiger partial charge in [-0.05, 0) is 38.8 Å². The van der Waals surface area contributed by atoms with Crippen LogP contribution in [0.1, 0.15) is 19.8 Å². The van der Waals surface area contributed by atoms with E-state index in [4.69, 9.17) is 9.47 Å². The predicted molar refractivity (Wildman–Crippen MR) is 63.8 cm³/mol. The van der Waals surface area contributed by atoms with Gasteiger partial charge in [0.05, 0.1) is 19.8 Å². The molecule has 0 aromatic carbocycles. The summed E-state index contributed by atoms with van der Waals surface area (Å²) in [5.74, 6) is 0.486.